The predicted molar refractivity (Wildman–Crippen MR) is 133 cm³/mol. The molecule has 5 rings (SSSR count). The first-order chi connectivity index (χ1) is 17.3. The van der Waals surface area contributed by atoms with E-state index in [1.165, 1.54) is 4.90 Å². The van der Waals surface area contributed by atoms with Gasteiger partial charge in [-0.15, -0.1) is 0 Å². The topological polar surface area (TPSA) is 88.9 Å². The van der Waals surface area contributed by atoms with E-state index in [2.05, 4.69) is 0 Å². The van der Waals surface area contributed by atoms with Gasteiger partial charge >= 0.3 is 0 Å². The van der Waals surface area contributed by atoms with E-state index < -0.39 is 5.41 Å². The Bertz CT molecular complexity index is 1250. The Labute approximate surface area is 210 Å². The Balaban J connectivity index is 1.43. The van der Waals surface area contributed by atoms with Crippen molar-refractivity contribution in [3.63, 3.8) is 0 Å². The molecular weight excluding hydrogens is 458 g/mol. The average molecular weight is 492 g/mol. The van der Waals surface area contributed by atoms with Crippen LogP contribution in [0, 0.1) is 12.8 Å². The van der Waals surface area contributed by atoms with E-state index in [-0.39, 0.29) is 54.5 Å². The van der Waals surface area contributed by atoms with Gasteiger partial charge in [0.05, 0.1) is 5.41 Å². The number of carbonyl (C=O) groups is 3. The molecule has 8 nitrogen and oxygen atoms in total. The summed E-state index contributed by atoms with van der Waals surface area (Å²) in [5.41, 5.74) is 1.42. The first kappa shape index (κ1) is 24.4. The third-order valence-corrected chi connectivity index (χ3v) is 8.08. The molecule has 3 atom stereocenters. The van der Waals surface area contributed by atoms with Crippen molar-refractivity contribution in [2.24, 2.45) is 5.92 Å². The van der Waals surface area contributed by atoms with Crippen molar-refractivity contribution >= 4 is 17.7 Å². The number of benzene rings is 1. The van der Waals surface area contributed by atoms with Crippen LogP contribution >= 0.6 is 0 Å². The molecule has 2 bridgehead atoms. The quantitative estimate of drug-likeness (QED) is 0.438. The number of nitrogens with zero attached hydrogens (tertiary/aromatic N) is 3. The molecule has 0 N–H and O–H groups in total. The number of imide groups is 1. The largest absolute Gasteiger partial charge is 0.385 e. The molecule has 2 saturated heterocycles. The van der Waals surface area contributed by atoms with E-state index in [0.717, 1.165) is 23.2 Å². The SMILES string of the molecule is COCCCN1C(=O)C[C@@](CC(=O)N2C[C@H]3C[C@@H](C2)c2cccc(=O)n2C3)(c2ccccc2C)C1=O. The molecular formula is C28H33N3O5. The number of hydrogen-bond acceptors (Lipinski definition) is 5. The van der Waals surface area contributed by atoms with Gasteiger partial charge in [-0.3, -0.25) is 24.1 Å². The summed E-state index contributed by atoms with van der Waals surface area (Å²) in [6, 6.07) is 12.9. The Morgan fingerprint density at radius 1 is 1.06 bits per heavy atom. The molecule has 1 aromatic carbocycles. The Hall–Kier alpha value is -3.26. The maximum Gasteiger partial charge on any atom is 0.250 e. The molecule has 4 heterocycles. The zero-order valence-corrected chi connectivity index (χ0v) is 20.9. The highest BCUT2D eigenvalue weighted by Gasteiger charge is 2.54. The maximum atomic E-state index is 13.9. The smallest absolute Gasteiger partial charge is 0.250 e. The molecule has 1 aromatic heterocycles. The number of piperidine rings is 1. The summed E-state index contributed by atoms with van der Waals surface area (Å²) in [6.07, 6.45) is 1.46. The molecule has 3 amide bonds. The maximum absolute atomic E-state index is 13.9. The van der Waals surface area contributed by atoms with Crippen molar-refractivity contribution in [1.82, 2.24) is 14.4 Å². The summed E-state index contributed by atoms with van der Waals surface area (Å²) >= 11 is 0. The summed E-state index contributed by atoms with van der Waals surface area (Å²) in [5.74, 6) is -0.353. The molecule has 0 unspecified atom stereocenters. The fraction of sp³-hybridized carbons (Fsp3) is 0.500. The molecule has 8 heteroatoms. The summed E-state index contributed by atoms with van der Waals surface area (Å²) < 4.78 is 6.95. The minimum Gasteiger partial charge on any atom is -0.385 e. The minimum absolute atomic E-state index is 0.00381. The number of ether oxygens (including phenoxy) is 1. The van der Waals surface area contributed by atoms with Crippen LogP contribution < -0.4 is 5.56 Å². The van der Waals surface area contributed by atoms with Gasteiger partial charge < -0.3 is 14.2 Å². The highest BCUT2D eigenvalue weighted by atomic mass is 16.5. The molecule has 190 valence electrons. The number of amides is 3. The second-order valence-corrected chi connectivity index (χ2v) is 10.4. The van der Waals surface area contributed by atoms with Gasteiger partial charge in [0.1, 0.15) is 0 Å². The van der Waals surface area contributed by atoms with E-state index in [1.807, 2.05) is 46.7 Å². The van der Waals surface area contributed by atoms with E-state index in [0.29, 0.717) is 32.7 Å². The van der Waals surface area contributed by atoms with Crippen LogP contribution in [0.25, 0.3) is 0 Å². The van der Waals surface area contributed by atoms with Crippen LogP contribution in [-0.2, 0) is 31.1 Å². The first-order valence-corrected chi connectivity index (χ1v) is 12.7. The second-order valence-electron chi connectivity index (χ2n) is 10.4. The van der Waals surface area contributed by atoms with E-state index >= 15 is 0 Å². The highest BCUT2D eigenvalue weighted by Crippen LogP contribution is 2.43. The minimum atomic E-state index is -1.20. The highest BCUT2D eigenvalue weighted by molar-refractivity contribution is 6.11. The number of fused-ring (bicyclic) bond motifs is 4. The van der Waals surface area contributed by atoms with Crippen LogP contribution in [0.15, 0.2) is 47.3 Å². The van der Waals surface area contributed by atoms with Crippen molar-refractivity contribution in [3.05, 3.63) is 69.6 Å². The zero-order chi connectivity index (χ0) is 25.4. The van der Waals surface area contributed by atoms with Crippen LogP contribution in [0.3, 0.4) is 0 Å². The Morgan fingerprint density at radius 3 is 2.64 bits per heavy atom. The third-order valence-electron chi connectivity index (χ3n) is 8.08. The molecule has 0 aliphatic carbocycles. The molecule has 0 radical (unpaired) electrons. The van der Waals surface area contributed by atoms with E-state index in [9.17, 15) is 19.2 Å². The van der Waals surface area contributed by atoms with E-state index in [4.69, 9.17) is 4.74 Å². The number of hydrogen-bond donors (Lipinski definition) is 0. The fourth-order valence-electron chi connectivity index (χ4n) is 6.42. The monoisotopic (exact) mass is 491 g/mol. The molecule has 3 aliphatic heterocycles. The van der Waals surface area contributed by atoms with Crippen molar-refractivity contribution in [1.29, 1.82) is 0 Å². The van der Waals surface area contributed by atoms with Crippen molar-refractivity contribution in [2.45, 2.75) is 50.5 Å². The van der Waals surface area contributed by atoms with Crippen molar-refractivity contribution in [2.75, 3.05) is 33.4 Å². The average Bonchev–Trinajstić information content (AvgIpc) is 3.09. The lowest BCUT2D eigenvalue weighted by Gasteiger charge is -2.43. The number of likely N-dealkylation sites (tertiary alicyclic amines) is 2. The van der Waals surface area contributed by atoms with Crippen LogP contribution in [0.4, 0.5) is 0 Å². The summed E-state index contributed by atoms with van der Waals surface area (Å²) in [5, 5.41) is 0. The third kappa shape index (κ3) is 4.17. The summed E-state index contributed by atoms with van der Waals surface area (Å²) in [4.78, 5) is 56.3. The number of carbonyl (C=O) groups excluding carboxylic acids is 3. The molecule has 0 saturated carbocycles. The molecule has 0 spiro atoms. The normalized spacial score (nSPS) is 25.3. The standard InChI is InChI=1S/C28H33N3O5/c1-19-7-3-4-8-22(19)28(15-26(34)30(27(28)35)11-6-12-36-2)14-25(33)29-16-20-13-21(18-29)23-9-5-10-24(32)31(23)17-20/h3-5,7-10,20-21H,6,11-18H2,1-2H3/t20-,21+,28+/m1/s1. The van der Waals surface area contributed by atoms with Crippen molar-refractivity contribution < 1.29 is 19.1 Å². The first-order valence-electron chi connectivity index (χ1n) is 12.7. The Morgan fingerprint density at radius 2 is 1.86 bits per heavy atom. The lowest BCUT2D eigenvalue weighted by Crippen LogP contribution is -2.51. The summed E-state index contributed by atoms with van der Waals surface area (Å²) in [6.45, 7) is 4.33. The fourth-order valence-corrected chi connectivity index (χ4v) is 6.42. The number of aromatic nitrogens is 1. The number of rotatable bonds is 7. The number of methoxy groups -OCH3 is 1. The molecule has 2 aromatic rings. The van der Waals surface area contributed by atoms with Gasteiger partial charge in [0.2, 0.25) is 17.7 Å². The van der Waals surface area contributed by atoms with Crippen LogP contribution in [0.2, 0.25) is 0 Å². The van der Waals surface area contributed by atoms with Gasteiger partial charge in [0.25, 0.3) is 5.56 Å². The summed E-state index contributed by atoms with van der Waals surface area (Å²) in [7, 11) is 1.59. The number of pyridine rings is 1. The van der Waals surface area contributed by atoms with Crippen LogP contribution in [0.1, 0.15) is 48.4 Å². The van der Waals surface area contributed by atoms with Gasteiger partial charge in [-0.1, -0.05) is 30.3 Å². The van der Waals surface area contributed by atoms with Gasteiger partial charge in [0.15, 0.2) is 0 Å². The second kappa shape index (κ2) is 9.65. The predicted octanol–water partition coefficient (Wildman–Crippen LogP) is 2.23. The lowest BCUT2D eigenvalue weighted by atomic mass is 9.73. The Kier molecular flexibility index (Phi) is 6.55. The van der Waals surface area contributed by atoms with Crippen LogP contribution in [-0.4, -0.2) is 65.4 Å². The van der Waals surface area contributed by atoms with E-state index in [1.54, 1.807) is 19.2 Å². The molecule has 2 fully saturated rings. The van der Waals surface area contributed by atoms with Gasteiger partial charge in [0, 0.05) is 70.4 Å². The van der Waals surface area contributed by atoms with Crippen molar-refractivity contribution in [3.8, 4) is 0 Å². The van der Waals surface area contributed by atoms with Gasteiger partial charge in [-0.25, -0.2) is 0 Å². The molecule has 3 aliphatic rings. The number of aryl methyl sites for hydroxylation is 1. The van der Waals surface area contributed by atoms with Gasteiger partial charge in [-0.2, -0.15) is 0 Å². The van der Waals surface area contributed by atoms with Gasteiger partial charge in [-0.05, 0) is 42.9 Å². The van der Waals surface area contributed by atoms with Crippen LogP contribution in [0.5, 0.6) is 0 Å². The lowest BCUT2D eigenvalue weighted by molar-refractivity contribution is -0.143. The molecule has 36 heavy (non-hydrogen) atoms. The zero-order valence-electron chi connectivity index (χ0n) is 20.9.